The fourth-order valence-corrected chi connectivity index (χ4v) is 4.91. The summed E-state index contributed by atoms with van der Waals surface area (Å²) in [5.41, 5.74) is 2.97. The van der Waals surface area contributed by atoms with Crippen LogP contribution in [-0.4, -0.2) is 26.6 Å². The van der Waals surface area contributed by atoms with Crippen LogP contribution in [0.2, 0.25) is 0 Å². The van der Waals surface area contributed by atoms with Gasteiger partial charge >= 0.3 is 0 Å². The predicted octanol–water partition coefficient (Wildman–Crippen LogP) is 5.95. The second kappa shape index (κ2) is 7.90. The molecule has 0 saturated heterocycles. The molecule has 1 aliphatic heterocycles. The Hall–Kier alpha value is -3.74. The van der Waals surface area contributed by atoms with Crippen LogP contribution in [0.1, 0.15) is 43.9 Å². The number of nitrogens with zero attached hydrogens (tertiary/aromatic N) is 3. The number of aromatic nitrogens is 2. The first kappa shape index (κ1) is 21.8. The van der Waals surface area contributed by atoms with Crippen LogP contribution in [0.15, 0.2) is 66.9 Å². The summed E-state index contributed by atoms with van der Waals surface area (Å²) in [4.78, 5) is 15.1. The van der Waals surface area contributed by atoms with Crippen LogP contribution in [-0.2, 0) is 11.3 Å². The summed E-state index contributed by atoms with van der Waals surface area (Å²) in [7, 11) is 0. The minimum absolute atomic E-state index is 0.129. The highest BCUT2D eigenvalue weighted by atomic mass is 19.1. The molecule has 178 valence electrons. The van der Waals surface area contributed by atoms with E-state index in [9.17, 15) is 13.6 Å². The van der Waals surface area contributed by atoms with E-state index in [1.165, 1.54) is 24.3 Å². The van der Waals surface area contributed by atoms with Gasteiger partial charge in [-0.2, -0.15) is 5.10 Å². The molecule has 1 fully saturated rings. The summed E-state index contributed by atoms with van der Waals surface area (Å²) in [6, 6.07) is 16.2. The van der Waals surface area contributed by atoms with Gasteiger partial charge in [0.2, 0.25) is 5.91 Å². The third-order valence-corrected chi connectivity index (χ3v) is 7.34. The molecule has 1 aromatic heterocycles. The van der Waals surface area contributed by atoms with Crippen molar-refractivity contribution in [2.45, 2.75) is 45.4 Å². The maximum absolute atomic E-state index is 14.2. The molecule has 2 heterocycles. The largest absolute Gasteiger partial charge is 0.484 e. The molecule has 1 aliphatic carbocycles. The molecule has 1 saturated carbocycles. The van der Waals surface area contributed by atoms with E-state index < -0.39 is 6.10 Å². The van der Waals surface area contributed by atoms with Crippen molar-refractivity contribution in [2.24, 2.45) is 5.41 Å². The average molecular weight is 474 g/mol. The molecule has 1 amide bonds. The Morgan fingerprint density at radius 2 is 1.77 bits per heavy atom. The minimum atomic E-state index is -0.509. The fraction of sp³-hybridized carbons (Fsp3) is 0.286. The van der Waals surface area contributed by atoms with E-state index >= 15 is 0 Å². The predicted molar refractivity (Wildman–Crippen MR) is 128 cm³/mol. The van der Waals surface area contributed by atoms with Gasteiger partial charge in [0.15, 0.2) is 0 Å². The summed E-state index contributed by atoms with van der Waals surface area (Å²) < 4.78 is 35.7. The number of ether oxygens (including phenoxy) is 1. The fourth-order valence-electron chi connectivity index (χ4n) is 4.91. The van der Waals surface area contributed by atoms with Crippen molar-refractivity contribution in [3.8, 4) is 11.4 Å². The Labute approximate surface area is 201 Å². The Morgan fingerprint density at radius 1 is 1.03 bits per heavy atom. The molecule has 0 spiro atoms. The van der Waals surface area contributed by atoms with E-state index in [0.29, 0.717) is 12.3 Å². The van der Waals surface area contributed by atoms with Crippen molar-refractivity contribution in [3.63, 3.8) is 0 Å². The molecule has 7 heteroatoms. The number of carbonyl (C=O) groups excluding carboxylic acids is 1. The van der Waals surface area contributed by atoms with Crippen molar-refractivity contribution in [3.05, 3.63) is 89.6 Å². The third kappa shape index (κ3) is 3.75. The molecule has 0 unspecified atom stereocenters. The molecular formula is C28H25F2N3O2. The highest BCUT2D eigenvalue weighted by Crippen LogP contribution is 2.48. The summed E-state index contributed by atoms with van der Waals surface area (Å²) in [6.07, 6.45) is 3.01. The van der Waals surface area contributed by atoms with Gasteiger partial charge in [0, 0.05) is 22.9 Å². The van der Waals surface area contributed by atoms with E-state index in [2.05, 4.69) is 5.10 Å². The first-order chi connectivity index (χ1) is 16.8. The monoisotopic (exact) mass is 473 g/mol. The SMILES string of the molecule is C[C@H]1[C@H](Oc2ccc3c(cnn3-c3ccc(F)cc3)c2)c2cc(F)ccc2CN1C(=O)C1(C)CC1. The number of amides is 1. The Balaban J connectivity index is 1.34. The zero-order valence-electron chi connectivity index (χ0n) is 19.5. The summed E-state index contributed by atoms with van der Waals surface area (Å²) in [6.45, 7) is 4.42. The Kier molecular flexibility index (Phi) is 4.91. The molecule has 35 heavy (non-hydrogen) atoms. The van der Waals surface area contributed by atoms with Crippen molar-refractivity contribution < 1.29 is 18.3 Å². The van der Waals surface area contributed by atoms with Gasteiger partial charge < -0.3 is 9.64 Å². The van der Waals surface area contributed by atoms with Gasteiger partial charge in [-0.05, 0) is 79.9 Å². The zero-order chi connectivity index (χ0) is 24.3. The number of carbonyl (C=O) groups is 1. The van der Waals surface area contributed by atoms with E-state index in [1.807, 2.05) is 36.9 Å². The van der Waals surface area contributed by atoms with Crippen molar-refractivity contribution in [1.29, 1.82) is 0 Å². The lowest BCUT2D eigenvalue weighted by Crippen LogP contribution is -2.49. The number of fused-ring (bicyclic) bond motifs is 2. The summed E-state index contributed by atoms with van der Waals surface area (Å²) in [5, 5.41) is 5.31. The first-order valence-corrected chi connectivity index (χ1v) is 11.8. The molecule has 0 radical (unpaired) electrons. The van der Waals surface area contributed by atoms with Gasteiger partial charge in [0.05, 0.1) is 23.4 Å². The second-order valence-corrected chi connectivity index (χ2v) is 9.87. The quantitative estimate of drug-likeness (QED) is 0.368. The Morgan fingerprint density at radius 3 is 2.51 bits per heavy atom. The maximum Gasteiger partial charge on any atom is 0.229 e. The van der Waals surface area contributed by atoms with Gasteiger partial charge in [0.1, 0.15) is 23.5 Å². The summed E-state index contributed by atoms with van der Waals surface area (Å²) in [5.74, 6) is 0.108. The first-order valence-electron chi connectivity index (χ1n) is 11.8. The van der Waals surface area contributed by atoms with Crippen LogP contribution < -0.4 is 4.74 Å². The molecule has 4 aromatic rings. The standard InChI is InChI=1S/C28H25F2N3O2/c1-17-26(24-14-21(30)4-3-18(24)16-32(17)27(34)28(2)11-12-28)35-23-9-10-25-19(13-23)15-31-33(25)22-7-5-20(29)6-8-22/h3-10,13-15,17,26H,11-12,16H2,1-2H3/t17-,26-/m0/s1. The second-order valence-electron chi connectivity index (χ2n) is 9.87. The van der Waals surface area contributed by atoms with Gasteiger partial charge in [-0.3, -0.25) is 4.79 Å². The third-order valence-electron chi connectivity index (χ3n) is 7.34. The topological polar surface area (TPSA) is 47.4 Å². The van der Waals surface area contributed by atoms with Crippen LogP contribution in [0.25, 0.3) is 16.6 Å². The van der Waals surface area contributed by atoms with E-state index in [4.69, 9.17) is 4.74 Å². The van der Waals surface area contributed by atoms with Crippen LogP contribution in [0.4, 0.5) is 8.78 Å². The van der Waals surface area contributed by atoms with E-state index in [1.54, 1.807) is 29.1 Å². The molecule has 6 rings (SSSR count). The van der Waals surface area contributed by atoms with Crippen molar-refractivity contribution in [1.82, 2.24) is 14.7 Å². The lowest BCUT2D eigenvalue weighted by Gasteiger charge is -2.41. The van der Waals surface area contributed by atoms with Gasteiger partial charge in [-0.25, -0.2) is 13.5 Å². The van der Waals surface area contributed by atoms with Gasteiger partial charge in [-0.1, -0.05) is 13.0 Å². The number of halogens is 2. The van der Waals surface area contributed by atoms with E-state index in [-0.39, 0.29) is 29.0 Å². The smallest absolute Gasteiger partial charge is 0.229 e. The van der Waals surface area contributed by atoms with Gasteiger partial charge in [0.25, 0.3) is 0 Å². The lowest BCUT2D eigenvalue weighted by molar-refractivity contribution is -0.142. The zero-order valence-corrected chi connectivity index (χ0v) is 19.5. The number of rotatable bonds is 4. The molecule has 2 atom stereocenters. The molecular weight excluding hydrogens is 448 g/mol. The van der Waals surface area contributed by atoms with E-state index in [0.717, 1.165) is 40.6 Å². The highest BCUT2D eigenvalue weighted by Gasteiger charge is 2.50. The number of benzene rings is 3. The van der Waals surface area contributed by atoms with Crippen LogP contribution in [0, 0.1) is 17.0 Å². The van der Waals surface area contributed by atoms with Crippen LogP contribution >= 0.6 is 0 Å². The maximum atomic E-state index is 14.2. The Bertz CT molecular complexity index is 1440. The van der Waals surface area contributed by atoms with Crippen LogP contribution in [0.3, 0.4) is 0 Å². The average Bonchev–Trinajstić information content (AvgIpc) is 3.47. The number of hydrogen-bond acceptors (Lipinski definition) is 3. The number of hydrogen-bond donors (Lipinski definition) is 0. The highest BCUT2D eigenvalue weighted by molar-refractivity contribution is 5.85. The van der Waals surface area contributed by atoms with Crippen molar-refractivity contribution >= 4 is 16.8 Å². The summed E-state index contributed by atoms with van der Waals surface area (Å²) >= 11 is 0. The van der Waals surface area contributed by atoms with Crippen molar-refractivity contribution in [2.75, 3.05) is 0 Å². The molecule has 0 N–H and O–H groups in total. The van der Waals surface area contributed by atoms with Gasteiger partial charge in [-0.15, -0.1) is 0 Å². The minimum Gasteiger partial charge on any atom is -0.484 e. The molecule has 0 bridgehead atoms. The molecule has 5 nitrogen and oxygen atoms in total. The lowest BCUT2D eigenvalue weighted by atomic mass is 9.90. The normalized spacial score (nSPS) is 20.5. The van der Waals surface area contributed by atoms with Crippen LogP contribution in [0.5, 0.6) is 5.75 Å². The molecule has 2 aliphatic rings. The molecule has 3 aromatic carbocycles.